The van der Waals surface area contributed by atoms with E-state index >= 15 is 0 Å². The Morgan fingerprint density at radius 3 is 3.00 bits per heavy atom. The number of nitrogens with one attached hydrogen (secondary N) is 1. The van der Waals surface area contributed by atoms with E-state index < -0.39 is 0 Å². The summed E-state index contributed by atoms with van der Waals surface area (Å²) in [5, 5.41) is 5.45. The van der Waals surface area contributed by atoms with E-state index in [1.165, 1.54) is 4.88 Å². The number of hydrogen-bond acceptors (Lipinski definition) is 4. The SMILES string of the molecule is CCNC(C)c1cnc(-c2cc3ccccc3o2)s1. The molecule has 3 nitrogen and oxygen atoms in total. The summed E-state index contributed by atoms with van der Waals surface area (Å²) in [6.07, 6.45) is 1.93. The van der Waals surface area contributed by atoms with Gasteiger partial charge >= 0.3 is 0 Å². The van der Waals surface area contributed by atoms with Gasteiger partial charge in [-0.3, -0.25) is 0 Å². The van der Waals surface area contributed by atoms with Crippen molar-refractivity contribution in [1.82, 2.24) is 10.3 Å². The van der Waals surface area contributed by atoms with Crippen molar-refractivity contribution in [3.8, 4) is 10.8 Å². The van der Waals surface area contributed by atoms with Crippen molar-refractivity contribution in [2.45, 2.75) is 19.9 Å². The zero-order valence-corrected chi connectivity index (χ0v) is 11.8. The molecule has 0 spiro atoms. The molecule has 0 aliphatic heterocycles. The summed E-state index contributed by atoms with van der Waals surface area (Å²) in [6, 6.07) is 10.4. The molecule has 0 aliphatic rings. The third-order valence-electron chi connectivity index (χ3n) is 3.10. The monoisotopic (exact) mass is 272 g/mol. The number of para-hydroxylation sites is 1. The predicted octanol–water partition coefficient (Wildman–Crippen LogP) is 4.23. The average molecular weight is 272 g/mol. The summed E-state index contributed by atoms with van der Waals surface area (Å²) in [5.74, 6) is 0.848. The van der Waals surface area contributed by atoms with Crippen molar-refractivity contribution >= 4 is 22.3 Å². The summed E-state index contributed by atoms with van der Waals surface area (Å²) < 4.78 is 5.83. The number of furan rings is 1. The molecule has 0 saturated carbocycles. The van der Waals surface area contributed by atoms with Crippen LogP contribution in [0.4, 0.5) is 0 Å². The van der Waals surface area contributed by atoms with E-state index in [4.69, 9.17) is 4.42 Å². The lowest BCUT2D eigenvalue weighted by Gasteiger charge is -2.07. The van der Waals surface area contributed by atoms with Gasteiger partial charge in [0.15, 0.2) is 10.8 Å². The molecule has 2 heterocycles. The van der Waals surface area contributed by atoms with Crippen molar-refractivity contribution in [2.24, 2.45) is 0 Å². The molecule has 1 atom stereocenters. The largest absolute Gasteiger partial charge is 0.454 e. The molecule has 1 aromatic carbocycles. The predicted molar refractivity (Wildman–Crippen MR) is 79.4 cm³/mol. The van der Waals surface area contributed by atoms with Crippen LogP contribution in [0.1, 0.15) is 24.8 Å². The van der Waals surface area contributed by atoms with Crippen LogP contribution in [0.25, 0.3) is 21.7 Å². The Labute approximate surface area is 116 Å². The van der Waals surface area contributed by atoms with E-state index in [1.807, 2.05) is 24.4 Å². The van der Waals surface area contributed by atoms with Gasteiger partial charge in [0, 0.05) is 22.5 Å². The van der Waals surface area contributed by atoms with E-state index in [2.05, 4.69) is 36.3 Å². The number of thiazole rings is 1. The average Bonchev–Trinajstić information content (AvgIpc) is 3.05. The molecule has 19 heavy (non-hydrogen) atoms. The number of nitrogens with zero attached hydrogens (tertiary/aromatic N) is 1. The summed E-state index contributed by atoms with van der Waals surface area (Å²) in [4.78, 5) is 5.70. The van der Waals surface area contributed by atoms with Crippen molar-refractivity contribution < 1.29 is 4.42 Å². The molecule has 98 valence electrons. The molecule has 0 radical (unpaired) electrons. The van der Waals surface area contributed by atoms with Crippen LogP contribution in [0.15, 0.2) is 40.9 Å². The lowest BCUT2D eigenvalue weighted by molar-refractivity contribution is 0.606. The maximum absolute atomic E-state index is 5.83. The number of aromatic nitrogens is 1. The van der Waals surface area contributed by atoms with Crippen LogP contribution in [0.2, 0.25) is 0 Å². The Morgan fingerprint density at radius 2 is 2.21 bits per heavy atom. The minimum atomic E-state index is 0.334. The summed E-state index contributed by atoms with van der Waals surface area (Å²) >= 11 is 1.68. The van der Waals surface area contributed by atoms with Gasteiger partial charge in [-0.2, -0.15) is 0 Å². The fourth-order valence-corrected chi connectivity index (χ4v) is 2.99. The minimum Gasteiger partial charge on any atom is -0.454 e. The topological polar surface area (TPSA) is 38.1 Å². The fraction of sp³-hybridized carbons (Fsp3) is 0.267. The van der Waals surface area contributed by atoms with Gasteiger partial charge in [-0.15, -0.1) is 11.3 Å². The van der Waals surface area contributed by atoms with Crippen molar-refractivity contribution in [3.05, 3.63) is 41.4 Å². The molecule has 4 heteroatoms. The molecular formula is C15H16N2OS. The molecule has 3 rings (SSSR count). The number of benzene rings is 1. The van der Waals surface area contributed by atoms with Gasteiger partial charge in [-0.25, -0.2) is 4.98 Å². The molecule has 1 N–H and O–H groups in total. The smallest absolute Gasteiger partial charge is 0.164 e. The van der Waals surface area contributed by atoms with Crippen LogP contribution in [-0.2, 0) is 0 Å². The maximum Gasteiger partial charge on any atom is 0.164 e. The molecule has 0 fully saturated rings. The van der Waals surface area contributed by atoms with Crippen LogP contribution in [-0.4, -0.2) is 11.5 Å². The number of rotatable bonds is 4. The first-order chi connectivity index (χ1) is 9.28. The Balaban J connectivity index is 1.93. The standard InChI is InChI=1S/C15H16N2OS/c1-3-16-10(2)14-9-17-15(19-14)13-8-11-6-4-5-7-12(11)18-13/h4-10,16H,3H2,1-2H3. The quantitative estimate of drug-likeness (QED) is 0.772. The minimum absolute atomic E-state index is 0.334. The van der Waals surface area contributed by atoms with Crippen molar-refractivity contribution in [1.29, 1.82) is 0 Å². The number of hydrogen-bond donors (Lipinski definition) is 1. The Hall–Kier alpha value is -1.65. The van der Waals surface area contributed by atoms with Gasteiger partial charge in [0.25, 0.3) is 0 Å². The Kier molecular flexibility index (Phi) is 3.36. The van der Waals surface area contributed by atoms with Gasteiger partial charge in [-0.05, 0) is 25.6 Å². The van der Waals surface area contributed by atoms with E-state index in [9.17, 15) is 0 Å². The zero-order chi connectivity index (χ0) is 13.2. The lowest BCUT2D eigenvalue weighted by Crippen LogP contribution is -2.16. The van der Waals surface area contributed by atoms with Gasteiger partial charge in [-0.1, -0.05) is 25.1 Å². The normalized spacial score (nSPS) is 12.9. The fourth-order valence-electron chi connectivity index (χ4n) is 2.09. The molecule has 3 aromatic rings. The molecular weight excluding hydrogens is 256 g/mol. The zero-order valence-electron chi connectivity index (χ0n) is 11.0. The summed E-state index contributed by atoms with van der Waals surface area (Å²) in [5.41, 5.74) is 0.911. The molecule has 0 saturated heterocycles. The van der Waals surface area contributed by atoms with Crippen LogP contribution in [0.5, 0.6) is 0 Å². The van der Waals surface area contributed by atoms with Crippen LogP contribution in [0.3, 0.4) is 0 Å². The first kappa shape index (κ1) is 12.4. The lowest BCUT2D eigenvalue weighted by atomic mass is 10.2. The second-order valence-electron chi connectivity index (χ2n) is 4.50. The summed E-state index contributed by atoms with van der Waals surface area (Å²) in [7, 11) is 0. The second kappa shape index (κ2) is 5.15. The highest BCUT2D eigenvalue weighted by molar-refractivity contribution is 7.15. The summed E-state index contributed by atoms with van der Waals surface area (Å²) in [6.45, 7) is 5.22. The van der Waals surface area contributed by atoms with Gasteiger partial charge in [0.1, 0.15) is 5.58 Å². The highest BCUT2D eigenvalue weighted by Gasteiger charge is 2.13. The van der Waals surface area contributed by atoms with Crippen LogP contribution < -0.4 is 5.32 Å². The Bertz CT molecular complexity index is 653. The molecule has 2 aromatic heterocycles. The van der Waals surface area contributed by atoms with Crippen molar-refractivity contribution in [3.63, 3.8) is 0 Å². The van der Waals surface area contributed by atoms with Crippen molar-refractivity contribution in [2.75, 3.05) is 6.54 Å². The molecule has 0 amide bonds. The highest BCUT2D eigenvalue weighted by atomic mass is 32.1. The van der Waals surface area contributed by atoms with Gasteiger partial charge < -0.3 is 9.73 Å². The Morgan fingerprint density at radius 1 is 1.37 bits per heavy atom. The van der Waals surface area contributed by atoms with E-state index in [0.717, 1.165) is 28.3 Å². The highest BCUT2D eigenvalue weighted by Crippen LogP contribution is 2.32. The first-order valence-corrected chi connectivity index (χ1v) is 7.27. The van der Waals surface area contributed by atoms with E-state index in [0.29, 0.717) is 6.04 Å². The maximum atomic E-state index is 5.83. The van der Waals surface area contributed by atoms with E-state index in [-0.39, 0.29) is 0 Å². The van der Waals surface area contributed by atoms with Crippen LogP contribution >= 0.6 is 11.3 Å². The van der Waals surface area contributed by atoms with Crippen LogP contribution in [0, 0.1) is 0 Å². The molecule has 1 unspecified atom stereocenters. The molecule has 0 bridgehead atoms. The molecule has 0 aliphatic carbocycles. The van der Waals surface area contributed by atoms with Gasteiger partial charge in [0.05, 0.1) is 0 Å². The third-order valence-corrected chi connectivity index (χ3v) is 4.29. The second-order valence-corrected chi connectivity index (χ2v) is 5.56. The first-order valence-electron chi connectivity index (χ1n) is 6.46. The third kappa shape index (κ3) is 2.41. The van der Waals surface area contributed by atoms with Gasteiger partial charge in [0.2, 0.25) is 0 Å². The number of fused-ring (bicyclic) bond motifs is 1. The van der Waals surface area contributed by atoms with E-state index in [1.54, 1.807) is 11.3 Å².